The fourth-order valence-corrected chi connectivity index (χ4v) is 2.58. The Labute approximate surface area is 99.4 Å². The largest absolute Gasteiger partial charge is 0.350 e. The van der Waals surface area contributed by atoms with Gasteiger partial charge in [-0.3, -0.25) is 4.79 Å². The van der Waals surface area contributed by atoms with E-state index < -0.39 is 0 Å². The Hall–Kier alpha value is -1.42. The molecule has 2 N–H and O–H groups in total. The Balaban J connectivity index is 1.54. The maximum absolute atomic E-state index is 12.7. The first-order valence-electron chi connectivity index (χ1n) is 6.01. The highest BCUT2D eigenvalue weighted by atomic mass is 19.1. The summed E-state index contributed by atoms with van der Waals surface area (Å²) in [5, 5.41) is 6.29. The second-order valence-corrected chi connectivity index (χ2v) is 4.89. The number of halogens is 1. The van der Waals surface area contributed by atoms with Gasteiger partial charge in [0, 0.05) is 18.2 Å². The minimum absolute atomic E-state index is 0.129. The SMILES string of the molecule is O=C(NC[C@H]1NC[C@H]2CC21)c1ccc(F)cc1. The van der Waals surface area contributed by atoms with E-state index in [2.05, 4.69) is 10.6 Å². The molecule has 3 nitrogen and oxygen atoms in total. The average Bonchev–Trinajstić information content (AvgIpc) is 3.01. The van der Waals surface area contributed by atoms with E-state index in [1.54, 1.807) is 0 Å². The molecule has 1 saturated carbocycles. The number of hydrogen-bond donors (Lipinski definition) is 2. The number of fused-ring (bicyclic) bond motifs is 1. The van der Waals surface area contributed by atoms with Gasteiger partial charge in [0.1, 0.15) is 5.82 Å². The Bertz CT molecular complexity index is 432. The van der Waals surface area contributed by atoms with Crippen LogP contribution in [-0.2, 0) is 0 Å². The summed E-state index contributed by atoms with van der Waals surface area (Å²) in [7, 11) is 0. The van der Waals surface area contributed by atoms with Crippen molar-refractivity contribution in [3.8, 4) is 0 Å². The van der Waals surface area contributed by atoms with E-state index in [-0.39, 0.29) is 11.7 Å². The zero-order valence-corrected chi connectivity index (χ0v) is 9.45. The quantitative estimate of drug-likeness (QED) is 0.824. The third kappa shape index (κ3) is 2.17. The molecule has 1 aliphatic carbocycles. The van der Waals surface area contributed by atoms with Gasteiger partial charge in [0.15, 0.2) is 0 Å². The molecule has 90 valence electrons. The van der Waals surface area contributed by atoms with E-state index in [4.69, 9.17) is 0 Å². The number of hydrogen-bond acceptors (Lipinski definition) is 2. The molecule has 17 heavy (non-hydrogen) atoms. The van der Waals surface area contributed by atoms with Gasteiger partial charge < -0.3 is 10.6 Å². The number of piperidine rings is 1. The van der Waals surface area contributed by atoms with Crippen molar-refractivity contribution < 1.29 is 9.18 Å². The predicted molar refractivity (Wildman–Crippen MR) is 62.1 cm³/mol. The first-order chi connectivity index (χ1) is 8.24. The number of carbonyl (C=O) groups is 1. The summed E-state index contributed by atoms with van der Waals surface area (Å²) in [4.78, 5) is 11.8. The standard InChI is InChI=1S/C13H15FN2O/c14-10-3-1-8(2-4-10)13(17)16-7-12-11-5-9(11)6-15-12/h1-4,9,11-12,15H,5-7H2,(H,16,17)/t9-,11?,12-/m1/s1. The maximum Gasteiger partial charge on any atom is 0.251 e. The lowest BCUT2D eigenvalue weighted by atomic mass is 10.2. The normalized spacial score (nSPS) is 29.8. The summed E-state index contributed by atoms with van der Waals surface area (Å²) in [5.74, 6) is 1.14. The second-order valence-electron chi connectivity index (χ2n) is 4.89. The van der Waals surface area contributed by atoms with Crippen LogP contribution in [0.3, 0.4) is 0 Å². The van der Waals surface area contributed by atoms with Crippen molar-refractivity contribution in [2.24, 2.45) is 11.8 Å². The van der Waals surface area contributed by atoms with Crippen LogP contribution in [0.2, 0.25) is 0 Å². The molecule has 1 amide bonds. The fraction of sp³-hybridized carbons (Fsp3) is 0.462. The van der Waals surface area contributed by atoms with Crippen LogP contribution in [0.25, 0.3) is 0 Å². The zero-order chi connectivity index (χ0) is 11.8. The molecule has 0 aromatic heterocycles. The van der Waals surface area contributed by atoms with Crippen LogP contribution >= 0.6 is 0 Å². The van der Waals surface area contributed by atoms with Crippen LogP contribution in [-0.4, -0.2) is 25.0 Å². The average molecular weight is 234 g/mol. The predicted octanol–water partition coefficient (Wildman–Crippen LogP) is 1.16. The zero-order valence-electron chi connectivity index (χ0n) is 9.45. The highest BCUT2D eigenvalue weighted by molar-refractivity contribution is 5.94. The first kappa shape index (κ1) is 10.7. The van der Waals surface area contributed by atoms with Crippen LogP contribution in [0.15, 0.2) is 24.3 Å². The van der Waals surface area contributed by atoms with Crippen LogP contribution in [0.1, 0.15) is 16.8 Å². The summed E-state index contributed by atoms with van der Waals surface area (Å²) in [6, 6.07) is 6.04. The third-order valence-corrected chi connectivity index (χ3v) is 3.73. The van der Waals surface area contributed by atoms with Gasteiger partial charge in [0.25, 0.3) is 5.91 Å². The van der Waals surface area contributed by atoms with E-state index >= 15 is 0 Å². The Kier molecular flexibility index (Phi) is 2.59. The maximum atomic E-state index is 12.7. The van der Waals surface area contributed by atoms with Gasteiger partial charge in [-0.2, -0.15) is 0 Å². The van der Waals surface area contributed by atoms with E-state index in [0.29, 0.717) is 18.2 Å². The minimum atomic E-state index is -0.320. The van der Waals surface area contributed by atoms with E-state index in [0.717, 1.165) is 18.4 Å². The molecule has 1 aromatic carbocycles. The van der Waals surface area contributed by atoms with Crippen molar-refractivity contribution in [1.82, 2.24) is 10.6 Å². The molecule has 3 rings (SSSR count). The molecule has 4 heteroatoms. The van der Waals surface area contributed by atoms with Crippen molar-refractivity contribution in [2.75, 3.05) is 13.1 Å². The topological polar surface area (TPSA) is 41.1 Å². The van der Waals surface area contributed by atoms with Gasteiger partial charge in [-0.1, -0.05) is 0 Å². The Morgan fingerprint density at radius 2 is 2.18 bits per heavy atom. The molecule has 2 aliphatic rings. The number of nitrogens with one attached hydrogen (secondary N) is 2. The van der Waals surface area contributed by atoms with Crippen LogP contribution in [0.4, 0.5) is 4.39 Å². The molecule has 1 aromatic rings. The summed E-state index contributed by atoms with van der Waals surface area (Å²) < 4.78 is 12.7. The van der Waals surface area contributed by atoms with Crippen molar-refractivity contribution in [2.45, 2.75) is 12.5 Å². The van der Waals surface area contributed by atoms with Gasteiger partial charge in [-0.15, -0.1) is 0 Å². The highest BCUT2D eigenvalue weighted by Gasteiger charge is 2.47. The molecule has 0 bridgehead atoms. The van der Waals surface area contributed by atoms with Crippen molar-refractivity contribution in [3.05, 3.63) is 35.6 Å². The monoisotopic (exact) mass is 234 g/mol. The highest BCUT2D eigenvalue weighted by Crippen LogP contribution is 2.44. The summed E-state index contributed by atoms with van der Waals surface area (Å²) >= 11 is 0. The van der Waals surface area contributed by atoms with E-state index in [1.165, 1.54) is 30.7 Å². The molecular weight excluding hydrogens is 219 g/mol. The summed E-state index contributed by atoms with van der Waals surface area (Å²) in [5.41, 5.74) is 0.511. The van der Waals surface area contributed by atoms with E-state index in [1.807, 2.05) is 0 Å². The third-order valence-electron chi connectivity index (χ3n) is 3.73. The lowest BCUT2D eigenvalue weighted by molar-refractivity contribution is 0.0949. The van der Waals surface area contributed by atoms with Crippen molar-refractivity contribution in [3.63, 3.8) is 0 Å². The fourth-order valence-electron chi connectivity index (χ4n) is 2.58. The smallest absolute Gasteiger partial charge is 0.251 e. The molecule has 0 spiro atoms. The molecule has 0 radical (unpaired) electrons. The molecule has 3 atom stereocenters. The van der Waals surface area contributed by atoms with Gasteiger partial charge in [-0.05, 0) is 49.1 Å². The molecule has 1 saturated heterocycles. The van der Waals surface area contributed by atoms with Crippen LogP contribution in [0, 0.1) is 17.7 Å². The van der Waals surface area contributed by atoms with Crippen LogP contribution in [0.5, 0.6) is 0 Å². The van der Waals surface area contributed by atoms with E-state index in [9.17, 15) is 9.18 Å². The lowest BCUT2D eigenvalue weighted by Crippen LogP contribution is -2.39. The van der Waals surface area contributed by atoms with Gasteiger partial charge in [-0.25, -0.2) is 4.39 Å². The molecule has 1 aliphatic heterocycles. The lowest BCUT2D eigenvalue weighted by Gasteiger charge is -2.14. The van der Waals surface area contributed by atoms with Crippen molar-refractivity contribution in [1.29, 1.82) is 0 Å². The van der Waals surface area contributed by atoms with Gasteiger partial charge >= 0.3 is 0 Å². The number of amides is 1. The molecular formula is C13H15FN2O. The second kappa shape index (κ2) is 4.11. The minimum Gasteiger partial charge on any atom is -0.350 e. The molecule has 2 fully saturated rings. The van der Waals surface area contributed by atoms with Gasteiger partial charge in [0.05, 0.1) is 0 Å². The first-order valence-corrected chi connectivity index (χ1v) is 6.01. The Morgan fingerprint density at radius 1 is 1.41 bits per heavy atom. The summed E-state index contributed by atoms with van der Waals surface area (Å²) in [6.07, 6.45) is 1.30. The summed E-state index contributed by atoms with van der Waals surface area (Å²) in [6.45, 7) is 1.75. The molecule has 1 heterocycles. The van der Waals surface area contributed by atoms with Crippen LogP contribution < -0.4 is 10.6 Å². The number of benzene rings is 1. The number of carbonyl (C=O) groups excluding carboxylic acids is 1. The van der Waals surface area contributed by atoms with Crippen molar-refractivity contribution >= 4 is 5.91 Å². The van der Waals surface area contributed by atoms with Gasteiger partial charge in [0.2, 0.25) is 0 Å². The molecule has 1 unspecified atom stereocenters. The Morgan fingerprint density at radius 3 is 2.76 bits per heavy atom. The number of rotatable bonds is 3.